The maximum absolute atomic E-state index is 12.9. The third-order valence-corrected chi connectivity index (χ3v) is 4.75. The van der Waals surface area contributed by atoms with Gasteiger partial charge in [-0.1, -0.05) is 0 Å². The number of amides is 4. The van der Waals surface area contributed by atoms with Gasteiger partial charge in [-0.15, -0.1) is 0 Å². The molecule has 17 heteroatoms. The average molecular weight is 513 g/mol. The third-order valence-electron chi connectivity index (χ3n) is 4.75. The van der Waals surface area contributed by atoms with Gasteiger partial charge in [-0.3, -0.25) is 24.2 Å². The first kappa shape index (κ1) is 29.8. The van der Waals surface area contributed by atoms with E-state index >= 15 is 0 Å². The van der Waals surface area contributed by atoms with Crippen molar-refractivity contribution < 1.29 is 34.2 Å². The summed E-state index contributed by atoms with van der Waals surface area (Å²) in [6, 6.07) is -5.51. The number of H-pyrrole nitrogens is 1. The third kappa shape index (κ3) is 10.8. The molecule has 4 atom stereocenters. The second-order valence-corrected chi connectivity index (χ2v) is 7.71. The molecular formula is C19H32N10O7. The zero-order valence-electron chi connectivity index (χ0n) is 19.3. The van der Waals surface area contributed by atoms with Crippen LogP contribution >= 0.6 is 0 Å². The van der Waals surface area contributed by atoms with Crippen LogP contribution in [-0.4, -0.2) is 93.1 Å². The summed E-state index contributed by atoms with van der Waals surface area (Å²) in [7, 11) is 0. The summed E-state index contributed by atoms with van der Waals surface area (Å²) < 4.78 is 0. The van der Waals surface area contributed by atoms with Crippen LogP contribution in [0, 0.1) is 0 Å². The molecule has 0 aromatic carbocycles. The van der Waals surface area contributed by atoms with Gasteiger partial charge in [0.1, 0.15) is 18.1 Å². The Bertz CT molecular complexity index is 933. The second kappa shape index (κ2) is 14.9. The number of rotatable bonds is 16. The fourth-order valence-corrected chi connectivity index (χ4v) is 2.89. The summed E-state index contributed by atoms with van der Waals surface area (Å²) in [6.45, 7) is -0.655. The number of hydrogen-bond donors (Lipinski definition) is 10. The lowest BCUT2D eigenvalue weighted by Crippen LogP contribution is -2.58. The Morgan fingerprint density at radius 2 is 1.61 bits per heavy atom. The number of carboxylic acids is 1. The van der Waals surface area contributed by atoms with E-state index in [4.69, 9.17) is 28.0 Å². The highest BCUT2D eigenvalue weighted by Gasteiger charge is 2.31. The zero-order chi connectivity index (χ0) is 27.3. The molecule has 0 fully saturated rings. The number of carbonyl (C=O) groups excluding carboxylic acids is 4. The van der Waals surface area contributed by atoms with E-state index in [0.717, 1.165) is 0 Å². The van der Waals surface area contributed by atoms with Crippen LogP contribution in [0.25, 0.3) is 0 Å². The average Bonchev–Trinajstić information content (AvgIpc) is 3.31. The van der Waals surface area contributed by atoms with Crippen LogP contribution in [0.15, 0.2) is 17.5 Å². The van der Waals surface area contributed by atoms with Crippen LogP contribution in [-0.2, 0) is 30.4 Å². The summed E-state index contributed by atoms with van der Waals surface area (Å²) in [5.41, 5.74) is 21.8. The van der Waals surface area contributed by atoms with Crippen molar-refractivity contribution in [2.24, 2.45) is 27.9 Å². The van der Waals surface area contributed by atoms with Crippen molar-refractivity contribution in [1.29, 1.82) is 0 Å². The van der Waals surface area contributed by atoms with E-state index < -0.39 is 66.8 Å². The molecule has 0 saturated heterocycles. The molecule has 0 bridgehead atoms. The van der Waals surface area contributed by atoms with Crippen LogP contribution in [0.3, 0.4) is 0 Å². The van der Waals surface area contributed by atoms with Crippen LogP contribution in [0.4, 0.5) is 0 Å². The Morgan fingerprint density at radius 3 is 2.14 bits per heavy atom. The molecule has 0 spiro atoms. The molecule has 0 saturated carbocycles. The van der Waals surface area contributed by atoms with E-state index in [1.54, 1.807) is 0 Å². The lowest BCUT2D eigenvalue weighted by Gasteiger charge is -2.24. The Hall–Kier alpha value is -4.25. The highest BCUT2D eigenvalue weighted by atomic mass is 16.4. The molecule has 14 N–H and O–H groups in total. The summed E-state index contributed by atoms with van der Waals surface area (Å²) in [6.07, 6.45) is 2.60. The summed E-state index contributed by atoms with van der Waals surface area (Å²) >= 11 is 0. The quantitative estimate of drug-likeness (QED) is 0.0566. The van der Waals surface area contributed by atoms with Gasteiger partial charge in [-0.05, 0) is 12.8 Å². The van der Waals surface area contributed by atoms with E-state index in [1.165, 1.54) is 12.5 Å². The number of aromatic amines is 1. The number of carboxylic acid groups (broad SMARTS) is 1. The summed E-state index contributed by atoms with van der Waals surface area (Å²) in [5, 5.41) is 25.5. The van der Waals surface area contributed by atoms with E-state index in [9.17, 15) is 29.1 Å². The van der Waals surface area contributed by atoms with Crippen molar-refractivity contribution in [2.75, 3.05) is 13.2 Å². The number of aliphatic carboxylic acids is 1. The Balaban J connectivity index is 2.88. The molecule has 36 heavy (non-hydrogen) atoms. The molecule has 200 valence electrons. The van der Waals surface area contributed by atoms with Gasteiger partial charge < -0.3 is 54.1 Å². The molecule has 1 rings (SSSR count). The topological polar surface area (TPSA) is 307 Å². The number of carbonyl (C=O) groups is 5. The van der Waals surface area contributed by atoms with Gasteiger partial charge in [0, 0.05) is 24.9 Å². The number of nitrogens with two attached hydrogens (primary N) is 4. The van der Waals surface area contributed by atoms with Gasteiger partial charge in [0.2, 0.25) is 23.6 Å². The molecule has 4 amide bonds. The minimum absolute atomic E-state index is 0.0719. The van der Waals surface area contributed by atoms with Gasteiger partial charge >= 0.3 is 5.97 Å². The first-order valence-electron chi connectivity index (χ1n) is 10.8. The van der Waals surface area contributed by atoms with Gasteiger partial charge in [-0.25, -0.2) is 9.78 Å². The van der Waals surface area contributed by atoms with Crippen molar-refractivity contribution in [3.05, 3.63) is 18.2 Å². The van der Waals surface area contributed by atoms with Crippen molar-refractivity contribution in [3.8, 4) is 0 Å². The number of aliphatic hydroxyl groups is 1. The van der Waals surface area contributed by atoms with Gasteiger partial charge in [0.05, 0.1) is 25.4 Å². The Labute approximate surface area is 205 Å². The maximum atomic E-state index is 12.9. The predicted octanol–water partition coefficient (Wildman–Crippen LogP) is -5.26. The molecule has 4 unspecified atom stereocenters. The molecule has 1 heterocycles. The number of aliphatic imine (C=N–C) groups is 1. The van der Waals surface area contributed by atoms with Crippen molar-refractivity contribution in [1.82, 2.24) is 25.9 Å². The van der Waals surface area contributed by atoms with Crippen molar-refractivity contribution in [2.45, 2.75) is 49.9 Å². The molecule has 1 aromatic heterocycles. The molecule has 1 aromatic rings. The Morgan fingerprint density at radius 1 is 1.00 bits per heavy atom. The van der Waals surface area contributed by atoms with Crippen LogP contribution in [0.1, 0.15) is 25.0 Å². The Kier molecular flexibility index (Phi) is 12.3. The van der Waals surface area contributed by atoms with E-state index in [-0.39, 0.29) is 25.3 Å². The SMILES string of the molecule is NC(=O)CC(NC(=O)C(CO)NC(=O)C(Cc1cnc[nH]1)NC(=O)C(N)CCCN=C(N)N)C(=O)O. The first-order valence-corrected chi connectivity index (χ1v) is 10.8. The van der Waals surface area contributed by atoms with Crippen LogP contribution in [0.5, 0.6) is 0 Å². The fourth-order valence-electron chi connectivity index (χ4n) is 2.89. The molecule has 0 aliphatic rings. The van der Waals surface area contributed by atoms with Crippen molar-refractivity contribution >= 4 is 35.6 Å². The summed E-state index contributed by atoms with van der Waals surface area (Å²) in [4.78, 5) is 70.6. The molecule has 17 nitrogen and oxygen atoms in total. The monoisotopic (exact) mass is 512 g/mol. The number of imidazole rings is 1. The molecule has 0 aliphatic carbocycles. The highest BCUT2D eigenvalue weighted by Crippen LogP contribution is 2.03. The largest absolute Gasteiger partial charge is 0.480 e. The van der Waals surface area contributed by atoms with E-state index in [2.05, 4.69) is 25.6 Å². The summed E-state index contributed by atoms with van der Waals surface area (Å²) in [5.74, 6) is -5.25. The van der Waals surface area contributed by atoms with Crippen LogP contribution in [0.2, 0.25) is 0 Å². The minimum Gasteiger partial charge on any atom is -0.480 e. The molecular weight excluding hydrogens is 480 g/mol. The van der Waals surface area contributed by atoms with E-state index in [1.807, 2.05) is 5.32 Å². The van der Waals surface area contributed by atoms with Crippen LogP contribution < -0.4 is 38.9 Å². The fraction of sp³-hybridized carbons (Fsp3) is 0.526. The number of primary amides is 1. The highest BCUT2D eigenvalue weighted by molar-refractivity contribution is 5.95. The lowest BCUT2D eigenvalue weighted by atomic mass is 10.1. The number of aromatic nitrogens is 2. The number of guanidine groups is 1. The normalized spacial score (nSPS) is 13.9. The number of aliphatic hydroxyl groups excluding tert-OH is 1. The second-order valence-electron chi connectivity index (χ2n) is 7.71. The van der Waals surface area contributed by atoms with Gasteiger partial charge in [-0.2, -0.15) is 0 Å². The van der Waals surface area contributed by atoms with Gasteiger partial charge in [0.15, 0.2) is 5.96 Å². The molecule has 0 radical (unpaired) electrons. The minimum atomic E-state index is -1.67. The zero-order valence-corrected chi connectivity index (χ0v) is 19.3. The van der Waals surface area contributed by atoms with E-state index in [0.29, 0.717) is 12.1 Å². The van der Waals surface area contributed by atoms with Crippen molar-refractivity contribution in [3.63, 3.8) is 0 Å². The first-order chi connectivity index (χ1) is 16.9. The number of nitrogens with one attached hydrogen (secondary N) is 4. The number of nitrogens with zero attached hydrogens (tertiary/aromatic N) is 2. The standard InChI is InChI=1S/C19H32N10O7/c20-10(2-1-3-25-19(22)23)15(32)27-11(4-9-6-24-8-26-9)16(33)29-13(7-30)17(34)28-12(18(35)36)5-14(21)31/h6,8,10-13,30H,1-5,7,20H2,(H2,21,31)(H,24,26)(H,27,32)(H,28,34)(H,29,33)(H,35,36)(H4,22,23,25). The van der Waals surface area contributed by atoms with Gasteiger partial charge in [0.25, 0.3) is 0 Å². The lowest BCUT2D eigenvalue weighted by molar-refractivity contribution is -0.144. The smallest absolute Gasteiger partial charge is 0.326 e. The number of hydrogen-bond acceptors (Lipinski definition) is 9. The maximum Gasteiger partial charge on any atom is 0.326 e. The predicted molar refractivity (Wildman–Crippen MR) is 125 cm³/mol. The molecule has 0 aliphatic heterocycles.